The number of rotatable bonds is 4. The molecule has 0 fully saturated rings. The van der Waals surface area contributed by atoms with Gasteiger partial charge in [-0.25, -0.2) is 4.39 Å². The predicted molar refractivity (Wildman–Crippen MR) is 67.6 cm³/mol. The Morgan fingerprint density at radius 1 is 1.45 bits per heavy atom. The van der Waals surface area contributed by atoms with Crippen LogP contribution in [0.15, 0.2) is 41.0 Å². The average Bonchev–Trinajstić information content (AvgIpc) is 2.90. The van der Waals surface area contributed by atoms with Gasteiger partial charge >= 0.3 is 0 Å². The molecule has 2 aromatic rings. The summed E-state index contributed by atoms with van der Waals surface area (Å²) in [4.78, 5) is 23.5. The van der Waals surface area contributed by atoms with Gasteiger partial charge in [-0.1, -0.05) is 0 Å². The van der Waals surface area contributed by atoms with E-state index in [0.29, 0.717) is 5.76 Å². The third kappa shape index (κ3) is 2.82. The van der Waals surface area contributed by atoms with E-state index in [1.54, 1.807) is 12.1 Å². The van der Waals surface area contributed by atoms with Crippen LogP contribution >= 0.6 is 0 Å². The molecule has 0 spiro atoms. The first-order valence-corrected chi connectivity index (χ1v) is 5.71. The molecular formula is C13H11FN2O4. The molecule has 0 saturated carbocycles. The Hall–Kier alpha value is -2.70. The Kier molecular flexibility index (Phi) is 3.79. The van der Waals surface area contributed by atoms with E-state index in [1.807, 2.05) is 0 Å². The molecule has 1 aromatic heterocycles. The van der Waals surface area contributed by atoms with Crippen LogP contribution in [0, 0.1) is 15.9 Å². The van der Waals surface area contributed by atoms with Crippen LogP contribution in [0.3, 0.4) is 0 Å². The van der Waals surface area contributed by atoms with Crippen molar-refractivity contribution in [1.82, 2.24) is 4.90 Å². The minimum Gasteiger partial charge on any atom is -0.467 e. The van der Waals surface area contributed by atoms with E-state index in [4.69, 9.17) is 4.42 Å². The van der Waals surface area contributed by atoms with E-state index in [2.05, 4.69) is 0 Å². The summed E-state index contributed by atoms with van der Waals surface area (Å²) in [6.45, 7) is 0.138. The van der Waals surface area contributed by atoms with Gasteiger partial charge in [0.25, 0.3) is 11.6 Å². The lowest BCUT2D eigenvalue weighted by Gasteiger charge is -2.15. The minimum atomic E-state index is -0.715. The zero-order chi connectivity index (χ0) is 14.7. The Labute approximate surface area is 113 Å². The van der Waals surface area contributed by atoms with E-state index in [9.17, 15) is 19.3 Å². The third-order valence-corrected chi connectivity index (χ3v) is 2.71. The van der Waals surface area contributed by atoms with Crippen LogP contribution in [-0.2, 0) is 6.54 Å². The molecule has 0 aliphatic rings. The highest BCUT2D eigenvalue weighted by Crippen LogP contribution is 2.21. The van der Waals surface area contributed by atoms with Gasteiger partial charge < -0.3 is 9.32 Å². The van der Waals surface area contributed by atoms with E-state index in [1.165, 1.54) is 18.2 Å². The summed E-state index contributed by atoms with van der Waals surface area (Å²) in [5.74, 6) is -0.821. The lowest BCUT2D eigenvalue weighted by Crippen LogP contribution is -2.26. The molecule has 1 aromatic carbocycles. The van der Waals surface area contributed by atoms with Crippen LogP contribution in [0.1, 0.15) is 16.1 Å². The van der Waals surface area contributed by atoms with Gasteiger partial charge in [-0.3, -0.25) is 14.9 Å². The van der Waals surface area contributed by atoms with Crippen molar-refractivity contribution >= 4 is 11.6 Å². The summed E-state index contributed by atoms with van der Waals surface area (Å²) < 4.78 is 18.3. The highest BCUT2D eigenvalue weighted by Gasteiger charge is 2.24. The average molecular weight is 278 g/mol. The zero-order valence-electron chi connectivity index (χ0n) is 10.6. The summed E-state index contributed by atoms with van der Waals surface area (Å²) in [7, 11) is 1.46. The van der Waals surface area contributed by atoms with Crippen molar-refractivity contribution in [3.63, 3.8) is 0 Å². The maximum absolute atomic E-state index is 13.2. The van der Waals surface area contributed by atoms with Crippen LogP contribution in [0.4, 0.5) is 10.1 Å². The van der Waals surface area contributed by atoms with Crippen molar-refractivity contribution < 1.29 is 18.5 Å². The molecule has 0 radical (unpaired) electrons. The first-order valence-electron chi connectivity index (χ1n) is 5.71. The van der Waals surface area contributed by atoms with Gasteiger partial charge in [-0.2, -0.15) is 0 Å². The van der Waals surface area contributed by atoms with Gasteiger partial charge in [0.05, 0.1) is 17.7 Å². The minimum absolute atomic E-state index is 0.138. The number of benzene rings is 1. The van der Waals surface area contributed by atoms with Crippen molar-refractivity contribution in [1.29, 1.82) is 0 Å². The zero-order valence-corrected chi connectivity index (χ0v) is 10.6. The molecule has 0 aliphatic carbocycles. The summed E-state index contributed by atoms with van der Waals surface area (Å²) in [5, 5.41) is 10.9. The monoisotopic (exact) mass is 278 g/mol. The Bertz CT molecular complexity index is 640. The third-order valence-electron chi connectivity index (χ3n) is 2.71. The van der Waals surface area contributed by atoms with Gasteiger partial charge in [0.2, 0.25) is 0 Å². The fourth-order valence-electron chi connectivity index (χ4n) is 1.75. The van der Waals surface area contributed by atoms with E-state index < -0.39 is 22.3 Å². The van der Waals surface area contributed by atoms with Gasteiger partial charge in [-0.15, -0.1) is 0 Å². The Morgan fingerprint density at radius 2 is 2.20 bits per heavy atom. The van der Waals surface area contributed by atoms with Crippen molar-refractivity contribution in [2.75, 3.05) is 7.05 Å². The van der Waals surface area contributed by atoms with E-state index in [0.717, 1.165) is 18.2 Å². The fraction of sp³-hybridized carbons (Fsp3) is 0.154. The van der Waals surface area contributed by atoms with Crippen molar-refractivity contribution in [2.45, 2.75) is 6.54 Å². The molecule has 1 heterocycles. The molecule has 0 atom stereocenters. The number of halogens is 1. The van der Waals surface area contributed by atoms with Gasteiger partial charge in [-0.05, 0) is 24.3 Å². The number of nitro groups is 1. The fourth-order valence-corrected chi connectivity index (χ4v) is 1.75. The number of amides is 1. The lowest BCUT2D eigenvalue weighted by atomic mass is 10.1. The highest BCUT2D eigenvalue weighted by atomic mass is 19.1. The molecular weight excluding hydrogens is 267 g/mol. The predicted octanol–water partition coefficient (Wildman–Crippen LogP) is 2.60. The first-order chi connectivity index (χ1) is 9.49. The molecule has 0 unspecified atom stereocenters. The molecule has 20 heavy (non-hydrogen) atoms. The number of nitrogens with zero attached hydrogens (tertiary/aromatic N) is 2. The number of nitro benzene ring substituents is 1. The summed E-state index contributed by atoms with van der Waals surface area (Å²) in [6, 6.07) is 6.12. The van der Waals surface area contributed by atoms with Crippen molar-refractivity contribution in [2.24, 2.45) is 0 Å². The maximum Gasteiger partial charge on any atom is 0.282 e. The second-order valence-electron chi connectivity index (χ2n) is 4.16. The van der Waals surface area contributed by atoms with E-state index in [-0.39, 0.29) is 12.1 Å². The first kappa shape index (κ1) is 13.7. The van der Waals surface area contributed by atoms with Crippen LogP contribution < -0.4 is 0 Å². The Morgan fingerprint density at radius 3 is 2.80 bits per heavy atom. The number of furan rings is 1. The maximum atomic E-state index is 13.2. The van der Waals surface area contributed by atoms with Gasteiger partial charge in [0.15, 0.2) is 0 Å². The standard InChI is InChI=1S/C13H11FN2O4/c1-15(8-10-3-2-6-20-10)13(17)11-7-9(14)4-5-12(11)16(18)19/h2-7H,8H2,1H3. The van der Waals surface area contributed by atoms with Crippen molar-refractivity contribution in [3.8, 4) is 0 Å². The molecule has 104 valence electrons. The quantitative estimate of drug-likeness (QED) is 0.636. The van der Waals surface area contributed by atoms with Crippen LogP contribution in [0.5, 0.6) is 0 Å². The number of hydrogen-bond acceptors (Lipinski definition) is 4. The topological polar surface area (TPSA) is 76.6 Å². The molecule has 7 heteroatoms. The SMILES string of the molecule is CN(Cc1ccco1)C(=O)c1cc(F)ccc1[N+](=O)[O-]. The summed E-state index contributed by atoms with van der Waals surface area (Å²) in [6.07, 6.45) is 1.46. The number of carbonyl (C=O) groups is 1. The second kappa shape index (κ2) is 5.52. The van der Waals surface area contributed by atoms with Gasteiger partial charge in [0.1, 0.15) is 17.1 Å². The summed E-state index contributed by atoms with van der Waals surface area (Å²) in [5.41, 5.74) is -0.716. The van der Waals surface area contributed by atoms with Gasteiger partial charge in [0, 0.05) is 13.1 Å². The van der Waals surface area contributed by atoms with Crippen LogP contribution in [0.2, 0.25) is 0 Å². The highest BCUT2D eigenvalue weighted by molar-refractivity contribution is 5.97. The summed E-state index contributed by atoms with van der Waals surface area (Å²) >= 11 is 0. The number of hydrogen-bond donors (Lipinski definition) is 0. The van der Waals surface area contributed by atoms with Crippen molar-refractivity contribution in [3.05, 3.63) is 63.9 Å². The van der Waals surface area contributed by atoms with Crippen LogP contribution in [-0.4, -0.2) is 22.8 Å². The largest absolute Gasteiger partial charge is 0.467 e. The Balaban J connectivity index is 2.28. The second-order valence-corrected chi connectivity index (χ2v) is 4.16. The molecule has 0 N–H and O–H groups in total. The molecule has 0 bridgehead atoms. The molecule has 2 rings (SSSR count). The normalized spacial score (nSPS) is 10.3. The lowest BCUT2D eigenvalue weighted by molar-refractivity contribution is -0.385. The molecule has 6 nitrogen and oxygen atoms in total. The van der Waals surface area contributed by atoms with E-state index >= 15 is 0 Å². The number of carbonyl (C=O) groups excluding carboxylic acids is 1. The van der Waals surface area contributed by atoms with Crippen LogP contribution in [0.25, 0.3) is 0 Å². The molecule has 0 aliphatic heterocycles. The molecule has 0 saturated heterocycles. The smallest absolute Gasteiger partial charge is 0.282 e. The molecule has 1 amide bonds.